The number of anilines is 1. The number of ether oxygens (including phenoxy) is 5. The number of carbonyl (C=O) groups is 2. The van der Waals surface area contributed by atoms with Gasteiger partial charge in [-0.15, -0.1) is 0 Å². The molecule has 10 atom stereocenters. The fraction of sp³-hybridized carbons (Fsp3) is 0.452. The van der Waals surface area contributed by atoms with Crippen molar-refractivity contribution >= 4 is 34.7 Å². The van der Waals surface area contributed by atoms with Gasteiger partial charge < -0.3 is 64.6 Å². The maximum absolute atomic E-state index is 13.3. The van der Waals surface area contributed by atoms with E-state index in [0.717, 1.165) is 29.1 Å². The number of aliphatic carboxylic acids is 1. The summed E-state index contributed by atoms with van der Waals surface area (Å²) in [7, 11) is 2.34. The summed E-state index contributed by atoms with van der Waals surface area (Å²) in [6.07, 6.45) is -12.8. The van der Waals surface area contributed by atoms with Crippen molar-refractivity contribution in [3.63, 3.8) is 0 Å². The zero-order valence-electron chi connectivity index (χ0n) is 25.4. The van der Waals surface area contributed by atoms with E-state index in [1.165, 1.54) is 7.11 Å². The number of carboxylic acid groups (broad SMARTS) is 1. The summed E-state index contributed by atoms with van der Waals surface area (Å²) >= 11 is 0. The number of aromatic amines is 1. The van der Waals surface area contributed by atoms with Crippen LogP contribution in [0.15, 0.2) is 53.7 Å². The van der Waals surface area contributed by atoms with Crippen molar-refractivity contribution in [2.45, 2.75) is 67.8 Å². The van der Waals surface area contributed by atoms with Gasteiger partial charge in [-0.1, -0.05) is 12.1 Å². The van der Waals surface area contributed by atoms with Crippen LogP contribution in [-0.4, -0.2) is 136 Å². The van der Waals surface area contributed by atoms with E-state index in [0.29, 0.717) is 18.7 Å². The highest BCUT2D eigenvalue weighted by Crippen LogP contribution is 2.31. The molecular formula is C31H37N3O13. The molecule has 1 aromatic heterocycles. The zero-order valence-corrected chi connectivity index (χ0v) is 25.4. The summed E-state index contributed by atoms with van der Waals surface area (Å²) in [5, 5.41) is 65.2. The third-order valence-corrected chi connectivity index (χ3v) is 8.07. The fourth-order valence-electron chi connectivity index (χ4n) is 5.55. The number of aromatic nitrogens is 1. The summed E-state index contributed by atoms with van der Waals surface area (Å²) in [4.78, 5) is 32.7. The first-order valence-corrected chi connectivity index (χ1v) is 14.7. The van der Waals surface area contributed by atoms with Gasteiger partial charge in [0.1, 0.15) is 42.4 Å². The van der Waals surface area contributed by atoms with E-state index in [1.54, 1.807) is 42.6 Å². The van der Waals surface area contributed by atoms with Crippen molar-refractivity contribution in [2.24, 2.45) is 4.99 Å². The SMILES string of the molecule is COC1OC(C(=O)O)C(OC2OC(C(=O)Nc3ccc(C=NCCc4c[nH]c5ccc(O)cc45)cc3)C(OC)C(O)C2O)C(O)C1O. The fourth-order valence-corrected chi connectivity index (χ4v) is 5.55. The Morgan fingerprint density at radius 2 is 1.60 bits per heavy atom. The van der Waals surface area contributed by atoms with Crippen LogP contribution in [0.3, 0.4) is 0 Å². The van der Waals surface area contributed by atoms with Gasteiger partial charge in [0.15, 0.2) is 24.8 Å². The Hall–Kier alpha value is -3.97. The third kappa shape index (κ3) is 7.46. The maximum Gasteiger partial charge on any atom is 0.335 e. The van der Waals surface area contributed by atoms with Gasteiger partial charge in [0, 0.05) is 49.8 Å². The minimum Gasteiger partial charge on any atom is -0.508 e. The van der Waals surface area contributed by atoms with E-state index in [2.05, 4.69) is 15.3 Å². The summed E-state index contributed by atoms with van der Waals surface area (Å²) < 4.78 is 26.5. The van der Waals surface area contributed by atoms with Crippen molar-refractivity contribution in [1.82, 2.24) is 4.98 Å². The molecule has 0 aliphatic carbocycles. The molecule has 5 rings (SSSR count). The first-order chi connectivity index (χ1) is 22.5. The van der Waals surface area contributed by atoms with Crippen molar-refractivity contribution in [3.05, 3.63) is 59.8 Å². The maximum atomic E-state index is 13.3. The molecule has 10 unspecified atom stereocenters. The van der Waals surface area contributed by atoms with E-state index < -0.39 is 73.3 Å². The molecule has 0 bridgehead atoms. The average Bonchev–Trinajstić information content (AvgIpc) is 3.45. The number of carboxylic acids is 1. The number of nitrogens with one attached hydrogen (secondary N) is 2. The molecule has 8 N–H and O–H groups in total. The van der Waals surface area contributed by atoms with Crippen molar-refractivity contribution in [1.29, 1.82) is 0 Å². The van der Waals surface area contributed by atoms with Crippen molar-refractivity contribution < 1.29 is 63.9 Å². The third-order valence-electron chi connectivity index (χ3n) is 8.07. The summed E-state index contributed by atoms with van der Waals surface area (Å²) in [6.45, 7) is 0.499. The topological polar surface area (TPSA) is 242 Å². The van der Waals surface area contributed by atoms with Crippen LogP contribution < -0.4 is 5.32 Å². The second kappa shape index (κ2) is 14.8. The molecular weight excluding hydrogens is 622 g/mol. The van der Waals surface area contributed by atoms with Gasteiger partial charge in [-0.25, -0.2) is 4.79 Å². The Kier molecular flexibility index (Phi) is 10.9. The number of hydrogen-bond donors (Lipinski definition) is 8. The van der Waals surface area contributed by atoms with Gasteiger partial charge in [0.05, 0.1) is 0 Å². The van der Waals surface area contributed by atoms with Crippen LogP contribution in [0.1, 0.15) is 11.1 Å². The van der Waals surface area contributed by atoms with Crippen LogP contribution in [-0.2, 0) is 39.7 Å². The van der Waals surface area contributed by atoms with Crippen molar-refractivity contribution in [2.75, 3.05) is 26.1 Å². The molecule has 0 spiro atoms. The highest BCUT2D eigenvalue weighted by Gasteiger charge is 2.54. The number of nitrogens with zero attached hydrogens (tertiary/aromatic N) is 1. The molecule has 2 aromatic carbocycles. The van der Waals surface area contributed by atoms with E-state index in [9.17, 15) is 40.2 Å². The summed E-state index contributed by atoms with van der Waals surface area (Å²) in [5.74, 6) is -2.16. The lowest BCUT2D eigenvalue weighted by Crippen LogP contribution is -2.66. The first-order valence-electron chi connectivity index (χ1n) is 14.7. The number of phenols is 1. The van der Waals surface area contributed by atoms with Crippen LogP contribution in [0.4, 0.5) is 5.69 Å². The van der Waals surface area contributed by atoms with E-state index in [-0.39, 0.29) is 5.75 Å². The molecule has 0 radical (unpaired) electrons. The Balaban J connectivity index is 1.21. The highest BCUT2D eigenvalue weighted by molar-refractivity contribution is 5.95. The highest BCUT2D eigenvalue weighted by atomic mass is 16.7. The predicted molar refractivity (Wildman–Crippen MR) is 163 cm³/mol. The van der Waals surface area contributed by atoms with Gasteiger partial charge in [-0.3, -0.25) is 9.79 Å². The summed E-state index contributed by atoms with van der Waals surface area (Å²) in [6, 6.07) is 11.8. The van der Waals surface area contributed by atoms with E-state index in [4.69, 9.17) is 23.7 Å². The second-order valence-electron chi connectivity index (χ2n) is 11.1. The number of phenolic OH excluding ortho intramolecular Hbond substituents is 1. The Labute approximate surface area is 268 Å². The Morgan fingerprint density at radius 1 is 0.915 bits per heavy atom. The molecule has 0 saturated carbocycles. The van der Waals surface area contributed by atoms with Crippen LogP contribution in [0.25, 0.3) is 10.9 Å². The predicted octanol–water partition coefficient (Wildman–Crippen LogP) is -0.502. The van der Waals surface area contributed by atoms with Gasteiger partial charge in [-0.2, -0.15) is 0 Å². The second-order valence-corrected chi connectivity index (χ2v) is 11.1. The summed E-state index contributed by atoms with van der Waals surface area (Å²) in [5.41, 5.74) is 3.07. The number of benzene rings is 2. The molecule has 3 aromatic rings. The Bertz CT molecular complexity index is 1560. The number of H-pyrrole nitrogens is 1. The lowest BCUT2D eigenvalue weighted by molar-refractivity contribution is -0.348. The number of hydrogen-bond acceptors (Lipinski definition) is 13. The molecule has 254 valence electrons. The Morgan fingerprint density at radius 3 is 2.28 bits per heavy atom. The number of fused-ring (bicyclic) bond motifs is 1. The standard InChI is InChI=1S/C31H37N3O13/c1-43-24-20(36)23(39)31(45-25-21(37)22(38)30(44-2)47-27(25)29(41)42)46-26(24)28(40)34-16-5-3-14(4-6-16)12-32-10-9-15-13-33-19-8-7-17(35)11-18(15)19/h3-8,11-13,20-27,30-31,33,35-39H,9-10H2,1-2H3,(H,34,40)(H,41,42). The lowest BCUT2D eigenvalue weighted by Gasteiger charge is -2.45. The van der Waals surface area contributed by atoms with Gasteiger partial charge in [0.25, 0.3) is 5.91 Å². The van der Waals surface area contributed by atoms with Crippen LogP contribution in [0.2, 0.25) is 0 Å². The minimum atomic E-state index is -1.86. The quantitative estimate of drug-likeness (QED) is 0.121. The number of methoxy groups -OCH3 is 2. The number of carbonyl (C=O) groups excluding carboxylic acids is 1. The van der Waals surface area contributed by atoms with Gasteiger partial charge in [0.2, 0.25) is 0 Å². The molecule has 2 aliphatic heterocycles. The zero-order chi connectivity index (χ0) is 33.8. The van der Waals surface area contributed by atoms with E-state index in [1.807, 2.05) is 12.3 Å². The molecule has 2 saturated heterocycles. The molecule has 3 heterocycles. The number of aliphatic hydroxyl groups is 4. The van der Waals surface area contributed by atoms with E-state index >= 15 is 0 Å². The van der Waals surface area contributed by atoms with Gasteiger partial charge in [-0.05, 0) is 47.9 Å². The smallest absolute Gasteiger partial charge is 0.335 e. The number of amides is 1. The van der Waals surface area contributed by atoms with Crippen LogP contribution in [0.5, 0.6) is 5.75 Å². The van der Waals surface area contributed by atoms with Crippen LogP contribution >= 0.6 is 0 Å². The monoisotopic (exact) mass is 659 g/mol. The van der Waals surface area contributed by atoms with Crippen molar-refractivity contribution in [3.8, 4) is 5.75 Å². The average molecular weight is 660 g/mol. The molecule has 2 fully saturated rings. The molecule has 16 heteroatoms. The number of aliphatic hydroxyl groups excluding tert-OH is 4. The number of aliphatic imine (C=N–C) groups is 1. The number of rotatable bonds is 11. The minimum absolute atomic E-state index is 0.189. The molecule has 2 aliphatic rings. The first kappa shape index (κ1) is 34.4. The molecule has 1 amide bonds. The largest absolute Gasteiger partial charge is 0.508 e. The van der Waals surface area contributed by atoms with Gasteiger partial charge >= 0.3 is 5.97 Å². The van der Waals surface area contributed by atoms with Crippen LogP contribution in [0, 0.1) is 0 Å². The normalized spacial score (nSPS) is 31.3. The number of aromatic hydroxyl groups is 1. The molecule has 47 heavy (non-hydrogen) atoms. The molecule has 16 nitrogen and oxygen atoms in total. The lowest BCUT2D eigenvalue weighted by atomic mass is 9.96.